The average molecular weight is 506 g/mol. The maximum Gasteiger partial charge on any atom is 0.416 e. The number of anilines is 1. The molecule has 2 aromatic carbocycles. The Morgan fingerprint density at radius 3 is 2.65 bits per heavy atom. The molecule has 174 valence electrons. The number of thiazole rings is 1. The molecule has 0 spiro atoms. The van der Waals surface area contributed by atoms with E-state index in [4.69, 9.17) is 0 Å². The lowest BCUT2D eigenvalue weighted by Gasteiger charge is -2.14. The summed E-state index contributed by atoms with van der Waals surface area (Å²) in [6.45, 7) is 1.80. The second kappa shape index (κ2) is 9.23. The second-order valence-electron chi connectivity index (χ2n) is 6.82. The van der Waals surface area contributed by atoms with E-state index in [0.29, 0.717) is 4.34 Å². The minimum Gasteiger partial charge on any atom is -0.320 e. The fourth-order valence-electron chi connectivity index (χ4n) is 2.90. The minimum atomic E-state index is -4.65. The van der Waals surface area contributed by atoms with Crippen LogP contribution in [0.1, 0.15) is 21.6 Å². The molecule has 1 amide bonds. The van der Waals surface area contributed by atoms with Crippen LogP contribution in [0.2, 0.25) is 0 Å². The molecule has 0 aliphatic rings. The maximum atomic E-state index is 13.2. The van der Waals surface area contributed by atoms with Crippen LogP contribution in [0.5, 0.6) is 0 Å². The van der Waals surface area contributed by atoms with Gasteiger partial charge < -0.3 is 5.32 Å². The Labute approximate surface area is 197 Å². The third kappa shape index (κ3) is 5.07. The van der Waals surface area contributed by atoms with E-state index in [-0.39, 0.29) is 27.5 Å². The first kappa shape index (κ1) is 23.4. The average Bonchev–Trinajstić information content (AvgIpc) is 3.45. The molecule has 14 heteroatoms. The molecule has 0 saturated heterocycles. The Balaban J connectivity index is 1.67. The number of nitro groups is 1. The van der Waals surface area contributed by atoms with Crippen molar-refractivity contribution >= 4 is 40.4 Å². The van der Waals surface area contributed by atoms with Crippen molar-refractivity contribution in [2.75, 3.05) is 5.32 Å². The fourth-order valence-corrected chi connectivity index (χ4v) is 4.78. The van der Waals surface area contributed by atoms with Crippen LogP contribution in [0.25, 0.3) is 5.69 Å². The molecule has 0 unspecified atom stereocenters. The van der Waals surface area contributed by atoms with Crippen LogP contribution in [-0.2, 0) is 6.18 Å². The number of aromatic nitrogens is 4. The topological polar surface area (TPSA) is 116 Å². The zero-order chi connectivity index (χ0) is 24.5. The van der Waals surface area contributed by atoms with Crippen molar-refractivity contribution in [3.63, 3.8) is 0 Å². The molecule has 4 rings (SSSR count). The Bertz CT molecular complexity index is 1370. The van der Waals surface area contributed by atoms with Crippen molar-refractivity contribution in [2.45, 2.75) is 22.3 Å². The maximum absolute atomic E-state index is 13.2. The Kier molecular flexibility index (Phi) is 6.34. The van der Waals surface area contributed by atoms with Crippen molar-refractivity contribution in [3.8, 4) is 5.69 Å². The molecule has 9 nitrogen and oxygen atoms in total. The van der Waals surface area contributed by atoms with Gasteiger partial charge in [-0.3, -0.25) is 14.9 Å². The van der Waals surface area contributed by atoms with Gasteiger partial charge in [-0.05, 0) is 37.3 Å². The van der Waals surface area contributed by atoms with Crippen LogP contribution < -0.4 is 5.32 Å². The number of aryl methyl sites for hydroxylation is 1. The molecule has 0 saturated carbocycles. The molecule has 4 aromatic rings. The van der Waals surface area contributed by atoms with E-state index in [1.807, 2.05) is 0 Å². The third-order valence-electron chi connectivity index (χ3n) is 4.45. The van der Waals surface area contributed by atoms with Gasteiger partial charge in [0.05, 0.1) is 26.8 Å². The second-order valence-corrected chi connectivity index (χ2v) is 8.97. The number of hydrogen-bond acceptors (Lipinski definition) is 8. The molecule has 1 N–H and O–H groups in total. The standard InChI is InChI=1S/C20H13F3N6O3S2/c1-11-8-33-19(26-11)34-17-5-2-12(6-16(17)29(31)32)18(30)27-14-7-13(20(21,22)23)3-4-15(14)28-10-24-9-25-28/h2-10H,1H3,(H,27,30). The van der Waals surface area contributed by atoms with E-state index in [9.17, 15) is 28.1 Å². The molecular formula is C20H13F3N6O3S2. The number of nitrogens with one attached hydrogen (secondary N) is 1. The summed E-state index contributed by atoms with van der Waals surface area (Å²) in [5, 5.41) is 19.7. The molecule has 0 atom stereocenters. The number of carbonyl (C=O) groups excluding carboxylic acids is 1. The van der Waals surface area contributed by atoms with Crippen LogP contribution >= 0.6 is 23.1 Å². The number of nitrogens with zero attached hydrogens (tertiary/aromatic N) is 5. The highest BCUT2D eigenvalue weighted by Gasteiger charge is 2.31. The predicted octanol–water partition coefficient (Wildman–Crippen LogP) is 5.36. The Morgan fingerprint density at radius 1 is 1.24 bits per heavy atom. The first-order valence-electron chi connectivity index (χ1n) is 9.38. The van der Waals surface area contributed by atoms with Gasteiger partial charge in [-0.25, -0.2) is 14.6 Å². The van der Waals surface area contributed by atoms with Crippen LogP contribution in [-0.4, -0.2) is 30.6 Å². The summed E-state index contributed by atoms with van der Waals surface area (Å²) in [5.74, 6) is -0.828. The van der Waals surface area contributed by atoms with Gasteiger partial charge in [0.25, 0.3) is 11.6 Å². The van der Waals surface area contributed by atoms with Gasteiger partial charge in [-0.15, -0.1) is 11.3 Å². The summed E-state index contributed by atoms with van der Waals surface area (Å²) in [6, 6.07) is 6.58. The van der Waals surface area contributed by atoms with E-state index >= 15 is 0 Å². The highest BCUT2D eigenvalue weighted by molar-refractivity contribution is 8.01. The lowest BCUT2D eigenvalue weighted by molar-refractivity contribution is -0.387. The number of nitro benzene ring substituents is 1. The van der Waals surface area contributed by atoms with Crippen molar-refractivity contribution in [3.05, 3.63) is 81.4 Å². The van der Waals surface area contributed by atoms with Crippen LogP contribution in [0, 0.1) is 17.0 Å². The minimum absolute atomic E-state index is 0.103. The van der Waals surface area contributed by atoms with Crippen LogP contribution in [0.3, 0.4) is 0 Å². The SMILES string of the molecule is Cc1csc(Sc2ccc(C(=O)Nc3cc(C(F)(F)F)ccc3-n3cncn3)cc2[N+](=O)[O-])n1. The van der Waals surface area contributed by atoms with E-state index in [1.165, 1.54) is 40.8 Å². The van der Waals surface area contributed by atoms with Gasteiger partial charge >= 0.3 is 6.18 Å². The zero-order valence-electron chi connectivity index (χ0n) is 17.1. The van der Waals surface area contributed by atoms with Gasteiger partial charge in [-0.1, -0.05) is 11.8 Å². The number of hydrogen-bond donors (Lipinski definition) is 1. The molecule has 2 aromatic heterocycles. The number of carbonyl (C=O) groups is 1. The predicted molar refractivity (Wildman–Crippen MR) is 118 cm³/mol. The summed E-state index contributed by atoms with van der Waals surface area (Å²) in [7, 11) is 0. The molecule has 0 aliphatic heterocycles. The lowest BCUT2D eigenvalue weighted by atomic mass is 10.1. The summed E-state index contributed by atoms with van der Waals surface area (Å²) in [6.07, 6.45) is -2.20. The Morgan fingerprint density at radius 2 is 2.03 bits per heavy atom. The normalized spacial score (nSPS) is 11.4. The van der Waals surface area contributed by atoms with Crippen LogP contribution in [0.4, 0.5) is 24.5 Å². The summed E-state index contributed by atoms with van der Waals surface area (Å²) < 4.78 is 41.5. The molecule has 0 bridgehead atoms. The zero-order valence-corrected chi connectivity index (χ0v) is 18.7. The van der Waals surface area contributed by atoms with Gasteiger partial charge in [-0.2, -0.15) is 18.3 Å². The van der Waals surface area contributed by atoms with Crippen LogP contribution in [0.15, 0.2) is 63.7 Å². The largest absolute Gasteiger partial charge is 0.416 e. The van der Waals surface area contributed by atoms with E-state index in [0.717, 1.165) is 41.7 Å². The number of alkyl halides is 3. The smallest absolute Gasteiger partial charge is 0.320 e. The molecule has 34 heavy (non-hydrogen) atoms. The third-order valence-corrected chi connectivity index (χ3v) is 6.57. The van der Waals surface area contributed by atoms with Crippen molar-refractivity contribution in [2.24, 2.45) is 0 Å². The molecule has 0 radical (unpaired) electrons. The number of amides is 1. The van der Waals surface area contributed by atoms with Crippen molar-refractivity contribution in [1.29, 1.82) is 0 Å². The molecule has 2 heterocycles. The molecule has 0 fully saturated rings. The first-order valence-corrected chi connectivity index (χ1v) is 11.1. The quantitative estimate of drug-likeness (QED) is 0.276. The van der Waals surface area contributed by atoms with E-state index in [1.54, 1.807) is 12.3 Å². The van der Waals surface area contributed by atoms with Crippen molar-refractivity contribution in [1.82, 2.24) is 19.7 Å². The Hall–Kier alpha value is -3.78. The first-order chi connectivity index (χ1) is 16.1. The number of halogens is 3. The molecule has 0 aliphatic carbocycles. The van der Waals surface area contributed by atoms with E-state index < -0.39 is 22.6 Å². The highest BCUT2D eigenvalue weighted by Crippen LogP contribution is 2.37. The van der Waals surface area contributed by atoms with Gasteiger partial charge in [0.2, 0.25) is 0 Å². The van der Waals surface area contributed by atoms with E-state index in [2.05, 4.69) is 20.4 Å². The summed E-state index contributed by atoms with van der Waals surface area (Å²) >= 11 is 2.41. The fraction of sp³-hybridized carbons (Fsp3) is 0.100. The summed E-state index contributed by atoms with van der Waals surface area (Å²) in [4.78, 5) is 32.1. The van der Waals surface area contributed by atoms with Gasteiger partial charge in [0, 0.05) is 22.7 Å². The monoisotopic (exact) mass is 506 g/mol. The van der Waals surface area contributed by atoms with Gasteiger partial charge in [0.15, 0.2) is 4.34 Å². The lowest BCUT2D eigenvalue weighted by Crippen LogP contribution is -2.16. The number of benzene rings is 2. The molecular weight excluding hydrogens is 493 g/mol. The highest BCUT2D eigenvalue weighted by atomic mass is 32.2. The summed E-state index contributed by atoms with van der Waals surface area (Å²) in [5.41, 5.74) is -0.692. The van der Waals surface area contributed by atoms with Gasteiger partial charge in [0.1, 0.15) is 12.7 Å². The van der Waals surface area contributed by atoms with Crippen molar-refractivity contribution < 1.29 is 22.9 Å². The number of rotatable bonds is 6.